The molecular weight excluding hydrogens is 376 g/mol. The first-order valence-electron chi connectivity index (χ1n) is 8.33. The van der Waals surface area contributed by atoms with E-state index in [1.807, 2.05) is 24.3 Å². The van der Waals surface area contributed by atoms with Gasteiger partial charge in [0, 0.05) is 28.4 Å². The summed E-state index contributed by atoms with van der Waals surface area (Å²) in [6.07, 6.45) is 0.260. The second-order valence-corrected chi connectivity index (χ2v) is 7.57. The number of nitrogens with one attached hydrogen (secondary N) is 1. The minimum absolute atomic E-state index is 0.0568. The number of hydrogen-bond acceptors (Lipinski definition) is 6. The maximum atomic E-state index is 14.2. The van der Waals surface area contributed by atoms with Gasteiger partial charge in [0.15, 0.2) is 0 Å². The van der Waals surface area contributed by atoms with Crippen molar-refractivity contribution in [3.05, 3.63) is 75.3 Å². The lowest BCUT2D eigenvalue weighted by molar-refractivity contribution is -0.482. The number of thioether (sulfide) groups is 1. The van der Waals surface area contributed by atoms with E-state index >= 15 is 0 Å². The van der Waals surface area contributed by atoms with E-state index in [0.29, 0.717) is 10.8 Å². The van der Waals surface area contributed by atoms with E-state index in [2.05, 4.69) is 10.5 Å². The Bertz CT molecular complexity index is 940. The van der Waals surface area contributed by atoms with Gasteiger partial charge in [0.1, 0.15) is 27.3 Å². The van der Waals surface area contributed by atoms with Gasteiger partial charge in [-0.05, 0) is 24.3 Å². The standard InChI is InChI=1S/C18H15F2N3O3S/c19-12-5-6-15(20)13(9-12)17-21-22-18(27-17)11(7-8-23(24)25)10-26-16-4-2-1-3-14(16)18/h1-6,9,11,22H,7-8,10H2/t11-,18+/m0/s1. The van der Waals surface area contributed by atoms with Crippen molar-refractivity contribution >= 4 is 16.8 Å². The zero-order valence-electron chi connectivity index (χ0n) is 14.0. The normalized spacial score (nSPS) is 23.3. The lowest BCUT2D eigenvalue weighted by Crippen LogP contribution is -2.47. The Hall–Kier alpha value is -2.68. The highest BCUT2D eigenvalue weighted by molar-refractivity contribution is 8.15. The molecule has 2 aliphatic heterocycles. The molecular formula is C18H15F2N3O3S. The van der Waals surface area contributed by atoms with Gasteiger partial charge < -0.3 is 4.74 Å². The van der Waals surface area contributed by atoms with Crippen LogP contribution in [0.25, 0.3) is 0 Å². The van der Waals surface area contributed by atoms with E-state index in [-0.39, 0.29) is 36.0 Å². The van der Waals surface area contributed by atoms with Crippen molar-refractivity contribution in [2.75, 3.05) is 13.2 Å². The van der Waals surface area contributed by atoms with Crippen LogP contribution in [0.3, 0.4) is 0 Å². The molecule has 0 aliphatic carbocycles. The molecule has 0 saturated carbocycles. The molecule has 2 aromatic rings. The van der Waals surface area contributed by atoms with Gasteiger partial charge in [-0.3, -0.25) is 15.5 Å². The molecule has 27 heavy (non-hydrogen) atoms. The average Bonchev–Trinajstić information content (AvgIpc) is 3.09. The van der Waals surface area contributed by atoms with Crippen LogP contribution in [-0.4, -0.2) is 23.1 Å². The van der Waals surface area contributed by atoms with Crippen molar-refractivity contribution in [2.24, 2.45) is 11.0 Å². The number of nitro groups is 1. The van der Waals surface area contributed by atoms with Crippen molar-refractivity contribution in [3.63, 3.8) is 0 Å². The van der Waals surface area contributed by atoms with Crippen molar-refractivity contribution < 1.29 is 18.4 Å². The SMILES string of the molecule is O=[N+]([O-])CC[C@H]1COc2ccccc2[C@@]12NN=C(c1cc(F)ccc1F)S2. The molecule has 9 heteroatoms. The second kappa shape index (κ2) is 6.80. The molecule has 1 spiro atoms. The van der Waals surface area contributed by atoms with Gasteiger partial charge in [-0.25, -0.2) is 8.78 Å². The molecule has 0 fully saturated rings. The van der Waals surface area contributed by atoms with Gasteiger partial charge in [0.2, 0.25) is 6.54 Å². The second-order valence-electron chi connectivity index (χ2n) is 6.34. The van der Waals surface area contributed by atoms with Crippen molar-refractivity contribution in [1.29, 1.82) is 0 Å². The van der Waals surface area contributed by atoms with E-state index in [0.717, 1.165) is 23.8 Å². The third kappa shape index (κ3) is 3.12. The molecule has 0 aromatic heterocycles. The quantitative estimate of drug-likeness (QED) is 0.638. The predicted molar refractivity (Wildman–Crippen MR) is 97.2 cm³/mol. The van der Waals surface area contributed by atoms with Crippen molar-refractivity contribution in [1.82, 2.24) is 5.43 Å². The van der Waals surface area contributed by atoms with Gasteiger partial charge in [-0.2, -0.15) is 5.10 Å². The summed E-state index contributed by atoms with van der Waals surface area (Å²) in [5.41, 5.74) is 3.90. The molecule has 0 bridgehead atoms. The van der Waals surface area contributed by atoms with Crippen LogP contribution in [0.1, 0.15) is 17.5 Å². The monoisotopic (exact) mass is 391 g/mol. The van der Waals surface area contributed by atoms with Crippen molar-refractivity contribution in [2.45, 2.75) is 11.3 Å². The van der Waals surface area contributed by atoms with Gasteiger partial charge in [0.25, 0.3) is 0 Å². The minimum Gasteiger partial charge on any atom is -0.493 e. The fraction of sp³-hybridized carbons (Fsp3) is 0.278. The van der Waals surface area contributed by atoms with E-state index in [9.17, 15) is 18.9 Å². The highest BCUT2D eigenvalue weighted by Crippen LogP contribution is 2.52. The highest BCUT2D eigenvalue weighted by atomic mass is 32.2. The number of rotatable bonds is 4. The molecule has 140 valence electrons. The van der Waals surface area contributed by atoms with E-state index in [1.165, 1.54) is 11.8 Å². The number of para-hydroxylation sites is 1. The number of ether oxygens (including phenoxy) is 1. The fourth-order valence-corrected chi connectivity index (χ4v) is 4.76. The molecule has 0 saturated heterocycles. The van der Waals surface area contributed by atoms with Crippen LogP contribution in [0.15, 0.2) is 47.6 Å². The van der Waals surface area contributed by atoms with Crippen LogP contribution >= 0.6 is 11.8 Å². The van der Waals surface area contributed by atoms with Crippen LogP contribution < -0.4 is 10.2 Å². The molecule has 6 nitrogen and oxygen atoms in total. The number of fused-ring (bicyclic) bond motifs is 2. The van der Waals surface area contributed by atoms with Crippen LogP contribution in [-0.2, 0) is 4.87 Å². The van der Waals surface area contributed by atoms with Crippen LogP contribution in [0, 0.1) is 27.7 Å². The van der Waals surface area contributed by atoms with Crippen LogP contribution in [0.2, 0.25) is 0 Å². The minimum atomic E-state index is -0.834. The fourth-order valence-electron chi connectivity index (χ4n) is 3.37. The summed E-state index contributed by atoms with van der Waals surface area (Å²) in [5, 5.41) is 15.4. The molecule has 1 N–H and O–H groups in total. The summed E-state index contributed by atoms with van der Waals surface area (Å²) < 4.78 is 33.6. The van der Waals surface area contributed by atoms with E-state index < -0.39 is 16.5 Å². The third-order valence-electron chi connectivity index (χ3n) is 4.70. The zero-order chi connectivity index (χ0) is 19.0. The summed E-state index contributed by atoms with van der Waals surface area (Å²) in [5.74, 6) is -0.775. The number of hydrazone groups is 1. The summed E-state index contributed by atoms with van der Waals surface area (Å²) >= 11 is 1.24. The number of nitrogens with zero attached hydrogens (tertiary/aromatic N) is 2. The van der Waals surface area contributed by atoms with E-state index in [1.54, 1.807) is 0 Å². The topological polar surface area (TPSA) is 76.8 Å². The molecule has 2 aliphatic rings. The molecule has 0 radical (unpaired) electrons. The van der Waals surface area contributed by atoms with Crippen LogP contribution in [0.4, 0.5) is 8.78 Å². The Morgan fingerprint density at radius 3 is 2.96 bits per heavy atom. The Morgan fingerprint density at radius 2 is 2.15 bits per heavy atom. The lowest BCUT2D eigenvalue weighted by atomic mass is 9.88. The summed E-state index contributed by atoms with van der Waals surface area (Å²) in [4.78, 5) is 9.67. The maximum Gasteiger partial charge on any atom is 0.204 e. The first kappa shape index (κ1) is 17.7. The summed E-state index contributed by atoms with van der Waals surface area (Å²) in [6.45, 7) is 0.0448. The number of benzene rings is 2. The third-order valence-corrected chi connectivity index (χ3v) is 6.17. The molecule has 4 rings (SSSR count). The maximum absolute atomic E-state index is 14.2. The lowest BCUT2D eigenvalue weighted by Gasteiger charge is -2.40. The van der Waals surface area contributed by atoms with Gasteiger partial charge in [0.05, 0.1) is 6.61 Å². The Kier molecular flexibility index (Phi) is 4.47. The highest BCUT2D eigenvalue weighted by Gasteiger charge is 2.51. The van der Waals surface area contributed by atoms with Gasteiger partial charge in [-0.15, -0.1) is 0 Å². The molecule has 0 unspecified atom stereocenters. The van der Waals surface area contributed by atoms with Gasteiger partial charge in [-0.1, -0.05) is 30.0 Å². The molecule has 2 atom stereocenters. The Morgan fingerprint density at radius 1 is 1.33 bits per heavy atom. The molecule has 2 heterocycles. The molecule has 2 aromatic carbocycles. The summed E-state index contributed by atoms with van der Waals surface area (Å²) in [6, 6.07) is 10.5. The van der Waals surface area contributed by atoms with Crippen molar-refractivity contribution in [3.8, 4) is 5.75 Å². The summed E-state index contributed by atoms with van der Waals surface area (Å²) in [7, 11) is 0. The Labute approximate surface area is 157 Å². The smallest absolute Gasteiger partial charge is 0.204 e. The van der Waals surface area contributed by atoms with Crippen LogP contribution in [0.5, 0.6) is 5.75 Å². The number of halogens is 2. The first-order valence-corrected chi connectivity index (χ1v) is 9.14. The average molecular weight is 391 g/mol. The first-order chi connectivity index (χ1) is 13.0. The molecule has 0 amide bonds. The van der Waals surface area contributed by atoms with Gasteiger partial charge >= 0.3 is 0 Å². The Balaban J connectivity index is 1.72. The van der Waals surface area contributed by atoms with E-state index in [4.69, 9.17) is 4.74 Å². The number of hydrogen-bond donors (Lipinski definition) is 1. The zero-order valence-corrected chi connectivity index (χ0v) is 14.8. The largest absolute Gasteiger partial charge is 0.493 e. The predicted octanol–water partition coefficient (Wildman–Crippen LogP) is 3.49.